The van der Waals surface area contributed by atoms with Crippen molar-refractivity contribution < 1.29 is 13.2 Å². The van der Waals surface area contributed by atoms with Crippen LogP contribution in [0.5, 0.6) is 0 Å². The highest BCUT2D eigenvalue weighted by Crippen LogP contribution is 2.33. The minimum atomic E-state index is -4.46. The van der Waals surface area contributed by atoms with Crippen molar-refractivity contribution in [3.63, 3.8) is 0 Å². The first-order valence-corrected chi connectivity index (χ1v) is 6.78. The molecule has 0 saturated heterocycles. The summed E-state index contributed by atoms with van der Waals surface area (Å²) >= 11 is 4.71. The second kappa shape index (κ2) is 6.43. The van der Waals surface area contributed by atoms with E-state index in [1.807, 2.05) is 0 Å². The maximum Gasteiger partial charge on any atom is 0.417 e. The molecule has 0 fully saturated rings. The van der Waals surface area contributed by atoms with Crippen molar-refractivity contribution in [2.75, 3.05) is 11.9 Å². The molecule has 6 heteroatoms. The zero-order valence-corrected chi connectivity index (χ0v) is 12.5. The van der Waals surface area contributed by atoms with Crippen molar-refractivity contribution in [1.82, 2.24) is 0 Å². The van der Waals surface area contributed by atoms with Crippen molar-refractivity contribution >= 4 is 22.9 Å². The molecule has 1 rings (SSSR count). The van der Waals surface area contributed by atoms with Crippen LogP contribution in [-0.4, -0.2) is 11.5 Å². The van der Waals surface area contributed by atoms with Gasteiger partial charge >= 0.3 is 6.18 Å². The van der Waals surface area contributed by atoms with Crippen LogP contribution < -0.4 is 11.1 Å². The van der Waals surface area contributed by atoms with E-state index in [0.717, 1.165) is 6.07 Å². The zero-order chi connectivity index (χ0) is 15.5. The molecule has 0 amide bonds. The first-order chi connectivity index (χ1) is 9.12. The first-order valence-electron chi connectivity index (χ1n) is 6.37. The molecule has 0 heterocycles. The summed E-state index contributed by atoms with van der Waals surface area (Å²) in [5.74, 6) is 0.901. The SMILES string of the molecule is CC(C)C(C)CNc1ccc(C(F)(F)F)c(C(N)=S)c1. The van der Waals surface area contributed by atoms with Gasteiger partial charge in [0.05, 0.1) is 5.56 Å². The average Bonchev–Trinajstić information content (AvgIpc) is 2.34. The van der Waals surface area contributed by atoms with E-state index in [1.165, 1.54) is 12.1 Å². The third kappa shape index (κ3) is 4.37. The van der Waals surface area contributed by atoms with Crippen LogP contribution in [-0.2, 0) is 6.18 Å². The molecular formula is C14H19F3N2S. The van der Waals surface area contributed by atoms with Crippen molar-refractivity contribution in [3.05, 3.63) is 29.3 Å². The Morgan fingerprint density at radius 1 is 1.30 bits per heavy atom. The van der Waals surface area contributed by atoms with Gasteiger partial charge in [0.2, 0.25) is 0 Å². The molecule has 0 bridgehead atoms. The molecule has 0 aromatic heterocycles. The van der Waals surface area contributed by atoms with Gasteiger partial charge in [-0.05, 0) is 30.0 Å². The number of hydrogen-bond donors (Lipinski definition) is 2. The fraction of sp³-hybridized carbons (Fsp3) is 0.500. The lowest BCUT2D eigenvalue weighted by atomic mass is 9.98. The van der Waals surface area contributed by atoms with Crippen LogP contribution in [0.15, 0.2) is 18.2 Å². The third-order valence-electron chi connectivity index (χ3n) is 3.36. The molecule has 1 unspecified atom stereocenters. The van der Waals surface area contributed by atoms with Crippen molar-refractivity contribution in [3.8, 4) is 0 Å². The lowest BCUT2D eigenvalue weighted by molar-refractivity contribution is -0.137. The highest BCUT2D eigenvalue weighted by Gasteiger charge is 2.34. The number of benzene rings is 1. The Balaban J connectivity index is 2.97. The number of halogens is 3. The summed E-state index contributed by atoms with van der Waals surface area (Å²) in [7, 11) is 0. The topological polar surface area (TPSA) is 38.0 Å². The van der Waals surface area contributed by atoms with E-state index in [0.29, 0.717) is 24.1 Å². The van der Waals surface area contributed by atoms with E-state index in [2.05, 4.69) is 26.1 Å². The Kier molecular flexibility index (Phi) is 5.39. The molecule has 1 atom stereocenters. The number of thiocarbonyl (C=S) groups is 1. The number of nitrogens with one attached hydrogen (secondary N) is 1. The van der Waals surface area contributed by atoms with E-state index in [-0.39, 0.29) is 10.6 Å². The van der Waals surface area contributed by atoms with Crippen molar-refractivity contribution in [2.45, 2.75) is 26.9 Å². The Hall–Kier alpha value is -1.30. The molecule has 3 N–H and O–H groups in total. The maximum absolute atomic E-state index is 12.8. The van der Waals surface area contributed by atoms with Gasteiger partial charge in [-0.15, -0.1) is 0 Å². The van der Waals surface area contributed by atoms with Crippen LogP contribution in [0.3, 0.4) is 0 Å². The van der Waals surface area contributed by atoms with E-state index >= 15 is 0 Å². The molecule has 0 aliphatic heterocycles. The first kappa shape index (κ1) is 16.8. The van der Waals surface area contributed by atoms with Gasteiger partial charge in [0.25, 0.3) is 0 Å². The molecule has 0 saturated carbocycles. The molecule has 0 radical (unpaired) electrons. The van der Waals surface area contributed by atoms with Crippen LogP contribution in [0.2, 0.25) is 0 Å². The predicted octanol–water partition coefficient (Wildman–Crippen LogP) is 4.04. The molecule has 20 heavy (non-hydrogen) atoms. The predicted molar refractivity (Wildman–Crippen MR) is 79.8 cm³/mol. The van der Waals surface area contributed by atoms with E-state index in [4.69, 9.17) is 18.0 Å². The van der Waals surface area contributed by atoms with Crippen LogP contribution in [0.25, 0.3) is 0 Å². The van der Waals surface area contributed by atoms with Gasteiger partial charge in [0.15, 0.2) is 0 Å². The Morgan fingerprint density at radius 3 is 2.35 bits per heavy atom. The van der Waals surface area contributed by atoms with Gasteiger partial charge in [-0.25, -0.2) is 0 Å². The zero-order valence-electron chi connectivity index (χ0n) is 11.7. The van der Waals surface area contributed by atoms with Crippen LogP contribution in [0, 0.1) is 11.8 Å². The summed E-state index contributed by atoms with van der Waals surface area (Å²) in [5, 5.41) is 3.12. The lowest BCUT2D eigenvalue weighted by Crippen LogP contribution is -2.20. The van der Waals surface area contributed by atoms with Gasteiger partial charge in [-0.2, -0.15) is 13.2 Å². The second-order valence-corrected chi connectivity index (χ2v) is 5.66. The van der Waals surface area contributed by atoms with Gasteiger partial charge in [0, 0.05) is 17.8 Å². The van der Waals surface area contributed by atoms with Crippen molar-refractivity contribution in [1.29, 1.82) is 0 Å². The standard InChI is InChI=1S/C14H19F3N2S/c1-8(2)9(3)7-19-10-4-5-12(14(15,16)17)11(6-10)13(18)20/h4-6,8-9,19H,7H2,1-3H3,(H2,18,20). The average molecular weight is 304 g/mol. The van der Waals surface area contributed by atoms with Gasteiger partial charge in [0.1, 0.15) is 4.99 Å². The monoisotopic (exact) mass is 304 g/mol. The maximum atomic E-state index is 12.8. The Bertz CT molecular complexity index is 484. The molecule has 1 aromatic rings. The molecule has 2 nitrogen and oxygen atoms in total. The third-order valence-corrected chi connectivity index (χ3v) is 3.58. The molecular weight excluding hydrogens is 285 g/mol. The van der Waals surface area contributed by atoms with Crippen molar-refractivity contribution in [2.24, 2.45) is 17.6 Å². The minimum absolute atomic E-state index is 0.144. The van der Waals surface area contributed by atoms with Crippen LogP contribution in [0.1, 0.15) is 31.9 Å². The second-order valence-electron chi connectivity index (χ2n) is 5.22. The Labute approximate surface area is 122 Å². The van der Waals surface area contributed by atoms with Crippen LogP contribution in [0.4, 0.5) is 18.9 Å². The normalized spacial score (nSPS) is 13.3. The largest absolute Gasteiger partial charge is 0.417 e. The van der Waals surface area contributed by atoms with Crippen LogP contribution >= 0.6 is 12.2 Å². The Morgan fingerprint density at radius 2 is 1.90 bits per heavy atom. The molecule has 112 valence electrons. The number of hydrogen-bond acceptors (Lipinski definition) is 2. The highest BCUT2D eigenvalue weighted by molar-refractivity contribution is 7.80. The minimum Gasteiger partial charge on any atom is -0.389 e. The summed E-state index contributed by atoms with van der Waals surface area (Å²) in [6.45, 7) is 6.95. The number of nitrogens with two attached hydrogens (primary N) is 1. The number of alkyl halides is 3. The lowest BCUT2D eigenvalue weighted by Gasteiger charge is -2.18. The number of rotatable bonds is 5. The van der Waals surface area contributed by atoms with E-state index < -0.39 is 11.7 Å². The fourth-order valence-electron chi connectivity index (χ4n) is 1.62. The number of anilines is 1. The van der Waals surface area contributed by atoms with Gasteiger partial charge in [-0.1, -0.05) is 33.0 Å². The van der Waals surface area contributed by atoms with Gasteiger partial charge in [-0.3, -0.25) is 0 Å². The van der Waals surface area contributed by atoms with E-state index in [9.17, 15) is 13.2 Å². The summed E-state index contributed by atoms with van der Waals surface area (Å²) in [6.07, 6.45) is -4.46. The summed E-state index contributed by atoms with van der Waals surface area (Å²) in [4.78, 5) is -0.252. The quantitative estimate of drug-likeness (QED) is 0.806. The molecule has 0 aliphatic rings. The molecule has 0 spiro atoms. The fourth-order valence-corrected chi connectivity index (χ4v) is 1.79. The smallest absolute Gasteiger partial charge is 0.389 e. The summed E-state index contributed by atoms with van der Waals surface area (Å²) in [6, 6.07) is 3.77. The summed E-state index contributed by atoms with van der Waals surface area (Å²) in [5.41, 5.74) is 5.04. The molecule has 0 aliphatic carbocycles. The van der Waals surface area contributed by atoms with E-state index in [1.54, 1.807) is 0 Å². The molecule has 1 aromatic carbocycles. The van der Waals surface area contributed by atoms with Gasteiger partial charge < -0.3 is 11.1 Å². The summed E-state index contributed by atoms with van der Waals surface area (Å²) < 4.78 is 38.5. The highest BCUT2D eigenvalue weighted by atomic mass is 32.1.